The van der Waals surface area contributed by atoms with Gasteiger partial charge in [-0.05, 0) is 0 Å². The number of nitrogens with one attached hydrogen (secondary N) is 1. The van der Waals surface area contributed by atoms with Crippen LogP contribution in [0.4, 0.5) is 5.82 Å². The lowest BCUT2D eigenvalue weighted by Crippen LogP contribution is -2.40. The van der Waals surface area contributed by atoms with Crippen LogP contribution in [0.2, 0.25) is 0 Å². The number of rotatable bonds is 4. The number of nitrogens with two attached hydrogens (primary N) is 1. The number of nitrogens with zero attached hydrogens (tertiary/aromatic N) is 3. The number of carbonyl (C=O) groups excluding carboxylic acids is 1. The highest BCUT2D eigenvalue weighted by Crippen LogP contribution is 2.09. The fourth-order valence-electron chi connectivity index (χ4n) is 1.20. The van der Waals surface area contributed by atoms with Crippen molar-refractivity contribution in [3.05, 3.63) is 12.7 Å². The number of aliphatic hydroxyl groups excluding tert-OH is 4. The first-order valence-electron chi connectivity index (χ1n) is 5.51. The molecule has 0 aliphatic heterocycles. The lowest BCUT2D eigenvalue weighted by atomic mass is 10.1. The van der Waals surface area contributed by atoms with E-state index in [1.54, 1.807) is 0 Å². The van der Waals surface area contributed by atoms with Crippen molar-refractivity contribution >= 4 is 23.3 Å². The highest BCUT2D eigenvalue weighted by Gasteiger charge is 2.22. The maximum Gasteiger partial charge on any atom is 0.182 e. The van der Waals surface area contributed by atoms with Crippen molar-refractivity contribution in [2.45, 2.75) is 18.3 Å². The topological polar surface area (TPSA) is 178 Å². The van der Waals surface area contributed by atoms with Crippen LogP contribution in [-0.2, 0) is 4.79 Å². The molecule has 2 aromatic rings. The van der Waals surface area contributed by atoms with E-state index < -0.39 is 24.9 Å². The summed E-state index contributed by atoms with van der Waals surface area (Å²) >= 11 is 0. The molecule has 0 aromatic carbocycles. The maximum absolute atomic E-state index is 9.76. The molecule has 0 unspecified atom stereocenters. The van der Waals surface area contributed by atoms with E-state index in [4.69, 9.17) is 26.2 Å². The SMILES string of the molecule is Nc1ncnc2nc[nH]c12.O=C[C@@H](O)[C@@H](O)[C@@H](O)CO. The molecule has 0 saturated heterocycles. The van der Waals surface area contributed by atoms with Crippen molar-refractivity contribution < 1.29 is 25.2 Å². The first-order valence-corrected chi connectivity index (χ1v) is 5.51. The maximum atomic E-state index is 9.76. The molecule has 0 amide bonds. The number of nitrogen functional groups attached to an aromatic ring is 1. The van der Waals surface area contributed by atoms with Gasteiger partial charge < -0.3 is 35.9 Å². The Morgan fingerprint density at radius 2 is 2.00 bits per heavy atom. The van der Waals surface area contributed by atoms with Gasteiger partial charge in [0, 0.05) is 0 Å². The van der Waals surface area contributed by atoms with Crippen molar-refractivity contribution in [2.75, 3.05) is 12.3 Å². The van der Waals surface area contributed by atoms with Gasteiger partial charge in [-0.2, -0.15) is 0 Å². The van der Waals surface area contributed by atoms with Crippen LogP contribution in [0.15, 0.2) is 12.7 Å². The van der Waals surface area contributed by atoms with Gasteiger partial charge in [0.1, 0.15) is 30.2 Å². The van der Waals surface area contributed by atoms with Crippen LogP contribution in [0.3, 0.4) is 0 Å². The second-order valence-electron chi connectivity index (χ2n) is 3.73. The standard InChI is InChI=1S/C5H5N5.C5H10O5/c6-4-3-5(9-1-7-3)10-2-8-4;6-1-3(8)5(10)4(9)2-7/h1-2H,(H3,6,7,8,9,10);1,3-5,7-10H,2H2/t;3-,4+,5-/m.1/s1. The summed E-state index contributed by atoms with van der Waals surface area (Å²) in [5.74, 6) is 0.433. The first kappa shape index (κ1) is 15.9. The summed E-state index contributed by atoms with van der Waals surface area (Å²) in [6.45, 7) is -0.688. The summed E-state index contributed by atoms with van der Waals surface area (Å²) in [6.07, 6.45) is -1.71. The molecule has 0 bridgehead atoms. The molecule has 110 valence electrons. The first-order chi connectivity index (χ1) is 9.51. The number of aromatic amines is 1. The molecule has 0 fully saturated rings. The molecule has 0 spiro atoms. The van der Waals surface area contributed by atoms with Crippen molar-refractivity contribution in [1.82, 2.24) is 19.9 Å². The number of H-pyrrole nitrogens is 1. The molecule has 10 nitrogen and oxygen atoms in total. The highest BCUT2D eigenvalue weighted by atomic mass is 16.4. The van der Waals surface area contributed by atoms with Gasteiger partial charge in [0.15, 0.2) is 17.8 Å². The van der Waals surface area contributed by atoms with Crippen LogP contribution >= 0.6 is 0 Å². The number of anilines is 1. The Balaban J connectivity index is 0.000000200. The van der Waals surface area contributed by atoms with Gasteiger partial charge in [-0.1, -0.05) is 0 Å². The van der Waals surface area contributed by atoms with Crippen LogP contribution in [0.5, 0.6) is 0 Å². The largest absolute Gasteiger partial charge is 0.394 e. The van der Waals surface area contributed by atoms with Gasteiger partial charge in [0.25, 0.3) is 0 Å². The zero-order chi connectivity index (χ0) is 15.1. The van der Waals surface area contributed by atoms with Crippen LogP contribution in [0.1, 0.15) is 0 Å². The summed E-state index contributed by atoms with van der Waals surface area (Å²) in [7, 11) is 0. The number of hydrogen-bond donors (Lipinski definition) is 6. The number of aldehydes is 1. The summed E-state index contributed by atoms with van der Waals surface area (Å²) in [5, 5.41) is 34.1. The predicted molar refractivity (Wildman–Crippen MR) is 67.3 cm³/mol. The minimum absolute atomic E-state index is 0.0869. The molecule has 7 N–H and O–H groups in total. The van der Waals surface area contributed by atoms with Crippen LogP contribution in [0.25, 0.3) is 11.2 Å². The summed E-state index contributed by atoms with van der Waals surface area (Å²) in [6, 6.07) is 0. The number of carbonyl (C=O) groups is 1. The normalized spacial score (nSPS) is 15.0. The Labute approximate surface area is 112 Å². The van der Waals surface area contributed by atoms with Crippen molar-refractivity contribution in [2.24, 2.45) is 0 Å². The lowest BCUT2D eigenvalue weighted by Gasteiger charge is -2.16. The van der Waals surface area contributed by atoms with E-state index in [1.165, 1.54) is 12.7 Å². The molecule has 20 heavy (non-hydrogen) atoms. The smallest absolute Gasteiger partial charge is 0.182 e. The number of aliphatic hydroxyl groups is 4. The van der Waals surface area contributed by atoms with Gasteiger partial charge in [0.05, 0.1) is 12.9 Å². The molecule has 3 atom stereocenters. The average Bonchev–Trinajstić information content (AvgIpc) is 2.95. The summed E-state index contributed by atoms with van der Waals surface area (Å²) < 4.78 is 0. The van der Waals surface area contributed by atoms with Gasteiger partial charge in [0.2, 0.25) is 0 Å². The van der Waals surface area contributed by atoms with E-state index in [9.17, 15) is 4.79 Å². The summed E-state index contributed by atoms with van der Waals surface area (Å²) in [5.41, 5.74) is 6.78. The number of fused-ring (bicyclic) bond motifs is 1. The Kier molecular flexibility index (Phi) is 5.93. The second kappa shape index (κ2) is 7.45. The zero-order valence-electron chi connectivity index (χ0n) is 10.3. The van der Waals surface area contributed by atoms with Gasteiger partial charge >= 0.3 is 0 Å². The third-order valence-electron chi connectivity index (χ3n) is 2.32. The quantitative estimate of drug-likeness (QED) is 0.323. The Morgan fingerprint density at radius 3 is 2.55 bits per heavy atom. The average molecular weight is 285 g/mol. The van der Waals surface area contributed by atoms with E-state index in [0.29, 0.717) is 17.0 Å². The Morgan fingerprint density at radius 1 is 1.30 bits per heavy atom. The van der Waals surface area contributed by atoms with E-state index in [0.717, 1.165) is 0 Å². The third kappa shape index (κ3) is 3.93. The number of hydrogen-bond acceptors (Lipinski definition) is 9. The van der Waals surface area contributed by atoms with Gasteiger partial charge in [-0.25, -0.2) is 15.0 Å². The molecule has 2 rings (SSSR count). The van der Waals surface area contributed by atoms with Crippen molar-refractivity contribution in [1.29, 1.82) is 0 Å². The number of aromatic nitrogens is 4. The highest BCUT2D eigenvalue weighted by molar-refractivity contribution is 5.80. The fraction of sp³-hybridized carbons (Fsp3) is 0.400. The molecule has 2 heterocycles. The van der Waals surface area contributed by atoms with Crippen LogP contribution in [0, 0.1) is 0 Å². The summed E-state index contributed by atoms with van der Waals surface area (Å²) in [4.78, 5) is 24.1. The van der Waals surface area contributed by atoms with E-state index in [-0.39, 0.29) is 6.29 Å². The Hall–Kier alpha value is -2.14. The fourth-order valence-corrected chi connectivity index (χ4v) is 1.20. The number of imidazole rings is 1. The predicted octanol–water partition coefficient (Wildman–Crippen LogP) is -2.80. The monoisotopic (exact) mass is 285 g/mol. The minimum atomic E-state index is -1.64. The van der Waals surface area contributed by atoms with E-state index in [1.807, 2.05) is 0 Å². The minimum Gasteiger partial charge on any atom is -0.394 e. The van der Waals surface area contributed by atoms with Gasteiger partial charge in [-0.15, -0.1) is 0 Å². The van der Waals surface area contributed by atoms with Crippen LogP contribution < -0.4 is 5.73 Å². The molecule has 0 aliphatic carbocycles. The molecule has 10 heteroatoms. The van der Waals surface area contributed by atoms with E-state index >= 15 is 0 Å². The zero-order valence-corrected chi connectivity index (χ0v) is 10.3. The molecule has 2 aromatic heterocycles. The molecular weight excluding hydrogens is 270 g/mol. The second-order valence-corrected chi connectivity index (χ2v) is 3.73. The lowest BCUT2D eigenvalue weighted by molar-refractivity contribution is -0.127. The molecular formula is C10H15N5O5. The van der Waals surface area contributed by atoms with E-state index in [2.05, 4.69) is 19.9 Å². The third-order valence-corrected chi connectivity index (χ3v) is 2.32. The van der Waals surface area contributed by atoms with Crippen LogP contribution in [-0.4, -0.2) is 71.6 Å². The van der Waals surface area contributed by atoms with Crippen molar-refractivity contribution in [3.63, 3.8) is 0 Å². The Bertz CT molecular complexity index is 548. The molecule has 0 aliphatic rings. The molecule has 0 saturated carbocycles. The molecule has 0 radical (unpaired) electrons. The van der Waals surface area contributed by atoms with Gasteiger partial charge in [-0.3, -0.25) is 0 Å². The van der Waals surface area contributed by atoms with Crippen molar-refractivity contribution in [3.8, 4) is 0 Å².